The van der Waals surface area contributed by atoms with E-state index < -0.39 is 0 Å². The smallest absolute Gasteiger partial charge is 0.291 e. The van der Waals surface area contributed by atoms with Gasteiger partial charge in [0.05, 0.1) is 12.2 Å². The van der Waals surface area contributed by atoms with Gasteiger partial charge in [-0.15, -0.1) is 0 Å². The van der Waals surface area contributed by atoms with Gasteiger partial charge in [-0.05, 0) is 30.2 Å². The lowest BCUT2D eigenvalue weighted by Crippen LogP contribution is -2.49. The van der Waals surface area contributed by atoms with Gasteiger partial charge < -0.3 is 24.4 Å². The average molecular weight is 490 g/mol. The summed E-state index contributed by atoms with van der Waals surface area (Å²) in [5.41, 5.74) is 3.42. The summed E-state index contributed by atoms with van der Waals surface area (Å²) in [6, 6.07) is 7.89. The molecule has 1 aromatic carbocycles. The van der Waals surface area contributed by atoms with Crippen LogP contribution in [0.25, 0.3) is 0 Å². The fourth-order valence-electron chi connectivity index (χ4n) is 5.22. The summed E-state index contributed by atoms with van der Waals surface area (Å²) in [5.74, 6) is 1.80. The number of allylic oxidation sites excluding steroid dienone is 8. The van der Waals surface area contributed by atoms with E-state index in [1.165, 1.54) is 6.26 Å². The molecule has 1 saturated heterocycles. The molecule has 0 aromatic heterocycles. The van der Waals surface area contributed by atoms with E-state index in [2.05, 4.69) is 4.90 Å². The van der Waals surface area contributed by atoms with E-state index in [0.29, 0.717) is 41.3 Å². The average Bonchev–Trinajstić information content (AvgIpc) is 3.03. The topological polar surface area (TPSA) is 71.4 Å². The Balaban J connectivity index is 1.18. The van der Waals surface area contributed by atoms with E-state index in [0.717, 1.165) is 42.9 Å². The Kier molecular flexibility index (Phi) is 5.93. The van der Waals surface area contributed by atoms with Gasteiger partial charge in [-0.3, -0.25) is 9.29 Å². The molecule has 5 aliphatic rings. The molecule has 0 radical (unpaired) electrons. The predicted octanol–water partition coefficient (Wildman–Crippen LogP) is 5.63. The van der Waals surface area contributed by atoms with Crippen LogP contribution in [0.3, 0.4) is 0 Å². The molecule has 0 saturated carbocycles. The van der Waals surface area contributed by atoms with Gasteiger partial charge in [0, 0.05) is 54.6 Å². The minimum absolute atomic E-state index is 0.0495. The fourth-order valence-corrected chi connectivity index (χ4v) is 5.22. The molecule has 2 aliphatic carbocycles. The SMILES string of the molecule is OC1=COC2=C(C=CCC2)C2=C(O)OC3=CC(c4ccc(OCCN5CC(CF)C5)cc4)C=CC3=C12. The summed E-state index contributed by atoms with van der Waals surface area (Å²) in [5, 5.41) is 21.6. The molecule has 1 aromatic rings. The van der Waals surface area contributed by atoms with Crippen molar-refractivity contribution in [2.45, 2.75) is 18.8 Å². The molecule has 7 heteroatoms. The molecule has 2 N–H and O–H groups in total. The van der Waals surface area contributed by atoms with Gasteiger partial charge in [0.2, 0.25) is 0 Å². The molecule has 1 atom stereocenters. The monoisotopic (exact) mass is 489 g/mol. The van der Waals surface area contributed by atoms with Gasteiger partial charge in [-0.2, -0.15) is 0 Å². The molecule has 0 amide bonds. The van der Waals surface area contributed by atoms with Crippen LogP contribution in [-0.2, 0) is 9.47 Å². The van der Waals surface area contributed by atoms with Crippen molar-refractivity contribution in [2.75, 3.05) is 32.9 Å². The van der Waals surface area contributed by atoms with Gasteiger partial charge in [-0.1, -0.05) is 36.4 Å². The van der Waals surface area contributed by atoms with E-state index in [4.69, 9.17) is 14.2 Å². The third-order valence-corrected chi connectivity index (χ3v) is 7.16. The second-order valence-corrected chi connectivity index (χ2v) is 9.58. The van der Waals surface area contributed by atoms with Crippen molar-refractivity contribution in [3.63, 3.8) is 0 Å². The van der Waals surface area contributed by atoms with Crippen molar-refractivity contribution >= 4 is 0 Å². The first kappa shape index (κ1) is 22.7. The number of halogens is 1. The Morgan fingerprint density at radius 3 is 2.69 bits per heavy atom. The highest BCUT2D eigenvalue weighted by molar-refractivity contribution is 5.68. The first-order valence-electron chi connectivity index (χ1n) is 12.3. The molecule has 3 aliphatic heterocycles. The fraction of sp³-hybridized carbons (Fsp3) is 0.310. The van der Waals surface area contributed by atoms with Gasteiger partial charge in [0.1, 0.15) is 30.1 Å². The van der Waals surface area contributed by atoms with Crippen LogP contribution in [-0.4, -0.2) is 48.0 Å². The zero-order chi connectivity index (χ0) is 24.6. The number of hydrogen-bond donors (Lipinski definition) is 2. The zero-order valence-corrected chi connectivity index (χ0v) is 19.8. The van der Waals surface area contributed by atoms with Crippen LogP contribution in [0.15, 0.2) is 106 Å². The Morgan fingerprint density at radius 1 is 1.06 bits per heavy atom. The van der Waals surface area contributed by atoms with Crippen molar-refractivity contribution in [3.8, 4) is 5.75 Å². The molecule has 36 heavy (non-hydrogen) atoms. The highest BCUT2D eigenvalue weighted by Gasteiger charge is 2.35. The normalized spacial score (nSPS) is 23.5. The quantitative estimate of drug-likeness (QED) is 0.539. The second kappa shape index (κ2) is 9.39. The molecule has 6 nitrogen and oxygen atoms in total. The van der Waals surface area contributed by atoms with Gasteiger partial charge in [0.25, 0.3) is 5.95 Å². The maximum atomic E-state index is 12.6. The van der Waals surface area contributed by atoms with Crippen molar-refractivity contribution in [1.29, 1.82) is 0 Å². The lowest BCUT2D eigenvalue weighted by molar-refractivity contribution is 0.0668. The first-order valence-corrected chi connectivity index (χ1v) is 12.3. The minimum Gasteiger partial charge on any atom is -0.504 e. The summed E-state index contributed by atoms with van der Waals surface area (Å²) in [6.45, 7) is 2.74. The van der Waals surface area contributed by atoms with Crippen LogP contribution in [0, 0.1) is 5.92 Å². The number of benzene rings is 1. The first-order chi connectivity index (χ1) is 17.6. The van der Waals surface area contributed by atoms with E-state index in [1.807, 2.05) is 54.6 Å². The minimum atomic E-state index is -0.248. The van der Waals surface area contributed by atoms with E-state index in [1.54, 1.807) is 0 Å². The predicted molar refractivity (Wildman–Crippen MR) is 133 cm³/mol. The van der Waals surface area contributed by atoms with Crippen LogP contribution < -0.4 is 4.74 Å². The number of nitrogens with zero attached hydrogens (tertiary/aromatic N) is 1. The molecular formula is C29H28FNO5. The van der Waals surface area contributed by atoms with Crippen molar-refractivity contribution in [2.24, 2.45) is 5.92 Å². The lowest BCUT2D eigenvalue weighted by atomic mass is 9.84. The van der Waals surface area contributed by atoms with Crippen LogP contribution in [0.5, 0.6) is 5.75 Å². The van der Waals surface area contributed by atoms with E-state index in [9.17, 15) is 14.6 Å². The van der Waals surface area contributed by atoms with Crippen LogP contribution in [0.1, 0.15) is 24.3 Å². The standard InChI is InChI=1S/C29H28FNO5/c30-14-18-15-31(16-18)11-12-34-21-8-5-19(6-9-21)20-7-10-23-26(13-20)36-29(33)28-22-3-1-2-4-25(22)35-17-24(32)27(23)28/h1,3,5-10,13,17-18,20,32-33H,2,4,11-12,14-16H2. The van der Waals surface area contributed by atoms with Crippen molar-refractivity contribution < 1.29 is 28.8 Å². The highest BCUT2D eigenvalue weighted by atomic mass is 19.1. The number of aliphatic hydroxyl groups is 2. The summed E-state index contributed by atoms with van der Waals surface area (Å²) >= 11 is 0. The summed E-state index contributed by atoms with van der Waals surface area (Å²) in [6.07, 6.45) is 12.7. The number of ether oxygens (including phenoxy) is 3. The van der Waals surface area contributed by atoms with Gasteiger partial charge in [-0.25, -0.2) is 0 Å². The van der Waals surface area contributed by atoms with E-state index in [-0.39, 0.29) is 30.2 Å². The summed E-state index contributed by atoms with van der Waals surface area (Å²) in [4.78, 5) is 2.19. The highest BCUT2D eigenvalue weighted by Crippen LogP contribution is 2.45. The maximum Gasteiger partial charge on any atom is 0.291 e. The maximum absolute atomic E-state index is 12.6. The molecule has 186 valence electrons. The number of rotatable bonds is 6. The van der Waals surface area contributed by atoms with E-state index >= 15 is 0 Å². The molecule has 1 fully saturated rings. The van der Waals surface area contributed by atoms with Gasteiger partial charge in [0.15, 0.2) is 5.76 Å². The number of aliphatic hydroxyl groups excluding tert-OH is 2. The molecular weight excluding hydrogens is 461 g/mol. The molecule has 0 bridgehead atoms. The van der Waals surface area contributed by atoms with Crippen LogP contribution in [0.2, 0.25) is 0 Å². The largest absolute Gasteiger partial charge is 0.504 e. The third kappa shape index (κ3) is 4.13. The zero-order valence-electron chi connectivity index (χ0n) is 19.8. The van der Waals surface area contributed by atoms with Crippen molar-refractivity contribution in [1.82, 2.24) is 4.90 Å². The molecule has 1 unspecified atom stereocenters. The number of likely N-dealkylation sites (tertiary alicyclic amines) is 1. The summed E-state index contributed by atoms with van der Waals surface area (Å²) < 4.78 is 30.0. The molecule has 6 rings (SSSR count). The Morgan fingerprint density at radius 2 is 1.89 bits per heavy atom. The number of hydrogen-bond acceptors (Lipinski definition) is 6. The number of fused-ring (bicyclic) bond motifs is 3. The second-order valence-electron chi connectivity index (χ2n) is 9.58. The van der Waals surface area contributed by atoms with Crippen LogP contribution >= 0.6 is 0 Å². The molecule has 0 spiro atoms. The van der Waals surface area contributed by atoms with Gasteiger partial charge >= 0.3 is 0 Å². The Labute approximate surface area is 209 Å². The number of alkyl halides is 1. The Bertz CT molecular complexity index is 1270. The third-order valence-electron chi connectivity index (χ3n) is 7.16. The molecule has 3 heterocycles. The van der Waals surface area contributed by atoms with Crippen LogP contribution in [0.4, 0.5) is 4.39 Å². The van der Waals surface area contributed by atoms with Crippen molar-refractivity contribution in [3.05, 3.63) is 112 Å². The summed E-state index contributed by atoms with van der Waals surface area (Å²) in [7, 11) is 0. The lowest BCUT2D eigenvalue weighted by Gasteiger charge is -2.37. The Hall–Kier alpha value is -3.71.